The Morgan fingerprint density at radius 3 is 1.67 bits per heavy atom. The Morgan fingerprint density at radius 2 is 1.38 bits per heavy atom. The molecule has 0 aliphatic heterocycles. The van der Waals surface area contributed by atoms with Crippen LogP contribution in [0.2, 0.25) is 0 Å². The van der Waals surface area contributed by atoms with E-state index in [1.165, 1.54) is 18.2 Å². The van der Waals surface area contributed by atoms with E-state index in [0.29, 0.717) is 12.1 Å². The maximum atomic E-state index is 11.9. The minimum absolute atomic E-state index is 0. The normalized spacial score (nSPS) is 9.62. The maximum Gasteiger partial charge on any atom is 0.394 e. The molecule has 0 aliphatic carbocycles. The number of hydrogen-bond acceptors (Lipinski definition) is 0. The SMILES string of the molecule is FC(F)(F)c1[c-]cccc1.Fc1[c-]c(F)cc(F)c1.[Y].[Y]. The predicted octanol–water partition coefficient (Wildman–Crippen LogP) is 4.40. The van der Waals surface area contributed by atoms with Gasteiger partial charge in [-0.2, -0.15) is 43.5 Å². The fourth-order valence-electron chi connectivity index (χ4n) is 1.04. The second-order valence-electron chi connectivity index (χ2n) is 3.27. The molecular weight excluding hydrogens is 448 g/mol. The number of rotatable bonds is 0. The molecule has 0 spiro atoms. The summed E-state index contributed by atoms with van der Waals surface area (Å²) in [5.74, 6) is -2.97. The van der Waals surface area contributed by atoms with Crippen molar-refractivity contribution in [1.82, 2.24) is 0 Å². The first kappa shape index (κ1) is 23.5. The number of benzene rings is 2. The Hall–Kier alpha value is 0.228. The molecule has 21 heavy (non-hydrogen) atoms. The molecule has 0 atom stereocenters. The average Bonchev–Trinajstić information content (AvgIpc) is 2.28. The molecule has 0 nitrogen and oxygen atoms in total. The third kappa shape index (κ3) is 9.77. The smallest absolute Gasteiger partial charge is 0.236 e. The van der Waals surface area contributed by atoms with Gasteiger partial charge in [-0.15, -0.1) is 18.2 Å². The van der Waals surface area contributed by atoms with Crippen molar-refractivity contribution in [3.8, 4) is 0 Å². The largest absolute Gasteiger partial charge is 0.394 e. The van der Waals surface area contributed by atoms with Crippen molar-refractivity contribution in [1.29, 1.82) is 0 Å². The third-order valence-corrected chi connectivity index (χ3v) is 1.78. The zero-order chi connectivity index (χ0) is 14.5. The fraction of sp³-hybridized carbons (Fsp3) is 0.0769. The van der Waals surface area contributed by atoms with Crippen LogP contribution in [-0.2, 0) is 71.6 Å². The van der Waals surface area contributed by atoms with Crippen LogP contribution >= 0.6 is 0 Å². The zero-order valence-corrected chi connectivity index (χ0v) is 16.1. The number of hydrogen-bond donors (Lipinski definition) is 0. The van der Waals surface area contributed by atoms with Crippen molar-refractivity contribution >= 4 is 0 Å². The number of alkyl halides is 3. The predicted molar refractivity (Wildman–Crippen MR) is 55.4 cm³/mol. The average molecular weight is 454 g/mol. The van der Waals surface area contributed by atoms with Crippen molar-refractivity contribution in [2.45, 2.75) is 6.18 Å². The monoisotopic (exact) mass is 454 g/mol. The standard InChI is InChI=1S/C7H4F3.C6H2F3.2Y/c8-7(9,10)6-4-2-1-3-5-6;7-4-1-5(8)3-6(9)2-4;;/h1-4H;1-2H;;/q2*-1;;. The molecule has 108 valence electrons. The van der Waals surface area contributed by atoms with Crippen LogP contribution in [0.3, 0.4) is 0 Å². The van der Waals surface area contributed by atoms with Gasteiger partial charge in [0.25, 0.3) is 0 Å². The summed E-state index contributed by atoms with van der Waals surface area (Å²) in [6.07, 6.45) is -4.26. The van der Waals surface area contributed by atoms with Crippen LogP contribution < -0.4 is 0 Å². The van der Waals surface area contributed by atoms with Crippen LogP contribution in [-0.4, -0.2) is 0 Å². The Bertz CT molecular complexity index is 477. The van der Waals surface area contributed by atoms with Gasteiger partial charge in [0.1, 0.15) is 0 Å². The molecule has 0 heterocycles. The van der Waals surface area contributed by atoms with Crippen molar-refractivity contribution in [2.24, 2.45) is 0 Å². The Labute approximate surface area is 168 Å². The van der Waals surface area contributed by atoms with Crippen molar-refractivity contribution in [3.63, 3.8) is 0 Å². The topological polar surface area (TPSA) is 0 Å². The van der Waals surface area contributed by atoms with Gasteiger partial charge >= 0.3 is 6.18 Å². The van der Waals surface area contributed by atoms with Crippen molar-refractivity contribution in [2.75, 3.05) is 0 Å². The van der Waals surface area contributed by atoms with Crippen LogP contribution in [0.4, 0.5) is 26.3 Å². The van der Waals surface area contributed by atoms with Gasteiger partial charge in [-0.3, -0.25) is 0 Å². The Balaban J connectivity index is 0. The molecule has 0 aliphatic rings. The van der Waals surface area contributed by atoms with Gasteiger partial charge in [0.15, 0.2) is 0 Å². The molecule has 2 rings (SSSR count). The molecule has 0 aromatic heterocycles. The Kier molecular flexibility index (Phi) is 12.2. The fourth-order valence-corrected chi connectivity index (χ4v) is 1.04. The molecule has 2 radical (unpaired) electrons. The molecule has 0 saturated carbocycles. The van der Waals surface area contributed by atoms with Gasteiger partial charge in [-0.05, 0) is 0 Å². The summed E-state index contributed by atoms with van der Waals surface area (Å²) < 4.78 is 71.0. The van der Waals surface area contributed by atoms with Gasteiger partial charge in [0.2, 0.25) is 0 Å². The van der Waals surface area contributed by atoms with Crippen molar-refractivity contribution in [3.05, 3.63) is 71.5 Å². The first-order valence-electron chi connectivity index (χ1n) is 4.87. The summed E-state index contributed by atoms with van der Waals surface area (Å²) in [7, 11) is 0. The van der Waals surface area contributed by atoms with E-state index < -0.39 is 29.2 Å². The molecule has 0 N–H and O–H groups in total. The molecule has 0 fully saturated rings. The minimum atomic E-state index is -4.26. The van der Waals surface area contributed by atoms with Gasteiger partial charge in [-0.25, -0.2) is 13.2 Å². The zero-order valence-electron chi connectivity index (χ0n) is 10.4. The van der Waals surface area contributed by atoms with Crippen LogP contribution in [0.1, 0.15) is 5.56 Å². The van der Waals surface area contributed by atoms with Crippen molar-refractivity contribution < 1.29 is 91.8 Å². The molecule has 2 aromatic rings. The van der Waals surface area contributed by atoms with Crippen LogP contribution in [0, 0.1) is 29.6 Å². The summed E-state index contributed by atoms with van der Waals surface area (Å²) in [4.78, 5) is 0. The molecule has 0 bridgehead atoms. The van der Waals surface area contributed by atoms with E-state index in [-0.39, 0.29) is 65.4 Å². The quantitative estimate of drug-likeness (QED) is 0.409. The molecule has 0 unspecified atom stereocenters. The van der Waals surface area contributed by atoms with Crippen LogP contribution in [0.15, 0.2) is 36.4 Å². The van der Waals surface area contributed by atoms with Crippen LogP contribution in [0.25, 0.3) is 0 Å². The summed E-state index contributed by atoms with van der Waals surface area (Å²) in [6, 6.07) is 9.89. The first-order chi connectivity index (χ1) is 8.79. The van der Waals surface area contributed by atoms with E-state index in [4.69, 9.17) is 0 Å². The van der Waals surface area contributed by atoms with Gasteiger partial charge < -0.3 is 0 Å². The van der Waals surface area contributed by atoms with E-state index in [9.17, 15) is 26.3 Å². The Morgan fingerprint density at radius 1 is 0.857 bits per heavy atom. The van der Waals surface area contributed by atoms with E-state index in [1.807, 2.05) is 0 Å². The van der Waals surface area contributed by atoms with E-state index in [1.54, 1.807) is 6.07 Å². The number of halogens is 6. The van der Waals surface area contributed by atoms with E-state index in [2.05, 4.69) is 6.07 Å². The summed E-state index contributed by atoms with van der Waals surface area (Å²) in [5.41, 5.74) is -0.727. The van der Waals surface area contributed by atoms with E-state index in [0.717, 1.165) is 6.07 Å². The second kappa shape index (κ2) is 10.9. The summed E-state index contributed by atoms with van der Waals surface area (Å²) in [5, 5.41) is 0. The minimum Gasteiger partial charge on any atom is -0.236 e. The summed E-state index contributed by atoms with van der Waals surface area (Å²) >= 11 is 0. The molecule has 0 amide bonds. The molecular formula is C13H6F6Y2-2. The van der Waals surface area contributed by atoms with E-state index >= 15 is 0 Å². The maximum absolute atomic E-state index is 11.9. The van der Waals surface area contributed by atoms with Gasteiger partial charge in [0.05, 0.1) is 0 Å². The third-order valence-electron chi connectivity index (χ3n) is 1.78. The van der Waals surface area contributed by atoms with Gasteiger partial charge in [-0.1, -0.05) is 5.56 Å². The van der Waals surface area contributed by atoms with Crippen LogP contribution in [0.5, 0.6) is 0 Å². The summed E-state index contributed by atoms with van der Waals surface area (Å²) in [6.45, 7) is 0. The first-order valence-corrected chi connectivity index (χ1v) is 4.87. The van der Waals surface area contributed by atoms with Gasteiger partial charge in [0, 0.05) is 82.9 Å². The second-order valence-corrected chi connectivity index (χ2v) is 3.27. The molecule has 8 heteroatoms. The molecule has 0 saturated heterocycles. The molecule has 2 aromatic carbocycles.